The van der Waals surface area contributed by atoms with Crippen molar-refractivity contribution in [2.24, 2.45) is 0 Å². The van der Waals surface area contributed by atoms with Crippen LogP contribution in [0.4, 0.5) is 4.79 Å². The summed E-state index contributed by atoms with van der Waals surface area (Å²) in [5.41, 5.74) is 4.10. The molecule has 13 nitrogen and oxygen atoms in total. The standard InChI is InChI=1S/C53H78N8O5/c1-4-5-6-7-8-9-10-11-12-13-14-15-16-17-18-23-49(62)66-39-61-38-44-35-41(34-40(2)50(44)58-61)36-48(52(64)55-29-28-54-45-26-30-59(3)31-27-45)57-53(65)60-32-24-42(25-33-60)46-37-43-21-19-20-22-47(43)56-51(46)63/h11-12,19-22,34-35,37-38,42,45,48,54H,4-10,13-18,23-33,36,39H2,1-3H3,(H,55,64)(H,56,63)(H,57,65)/b12-11-/t48-/m1/s1. The Labute approximate surface area is 392 Å². The molecule has 0 saturated carbocycles. The van der Waals surface area contributed by atoms with Gasteiger partial charge in [0.2, 0.25) is 5.91 Å². The number of nitrogens with zero attached hydrogens (tertiary/aromatic N) is 4. The largest absolute Gasteiger partial charge is 0.442 e. The van der Waals surface area contributed by atoms with E-state index in [4.69, 9.17) is 9.84 Å². The molecule has 4 heterocycles. The van der Waals surface area contributed by atoms with E-state index in [0.29, 0.717) is 51.5 Å². The van der Waals surface area contributed by atoms with Gasteiger partial charge in [-0.05, 0) is 125 Å². The summed E-state index contributed by atoms with van der Waals surface area (Å²) in [5.74, 6) is -0.422. The van der Waals surface area contributed by atoms with Crippen LogP contribution in [0.25, 0.3) is 21.8 Å². The van der Waals surface area contributed by atoms with Gasteiger partial charge >= 0.3 is 12.0 Å². The van der Waals surface area contributed by atoms with Crippen LogP contribution in [0.1, 0.15) is 145 Å². The summed E-state index contributed by atoms with van der Waals surface area (Å²) >= 11 is 0. The molecule has 4 aromatic rings. The van der Waals surface area contributed by atoms with E-state index < -0.39 is 6.04 Å². The summed E-state index contributed by atoms with van der Waals surface area (Å²) in [7, 11) is 2.14. The van der Waals surface area contributed by atoms with Gasteiger partial charge in [0.25, 0.3) is 5.56 Å². The number of fused-ring (bicyclic) bond motifs is 2. The molecule has 0 aliphatic carbocycles. The minimum Gasteiger partial charge on any atom is -0.442 e. The molecular formula is C53H78N8O5. The van der Waals surface area contributed by atoms with Crippen LogP contribution in [-0.4, -0.2) is 101 Å². The number of piperidine rings is 2. The third-order valence-corrected chi connectivity index (χ3v) is 13.5. The maximum Gasteiger partial charge on any atom is 0.318 e. The van der Waals surface area contributed by atoms with Crippen molar-refractivity contribution in [2.75, 3.05) is 46.3 Å². The van der Waals surface area contributed by atoms with E-state index in [0.717, 1.165) is 90.1 Å². The number of urea groups is 1. The maximum absolute atomic E-state index is 13.9. The van der Waals surface area contributed by atoms with Crippen LogP contribution in [0.5, 0.6) is 0 Å². The molecule has 2 aliphatic rings. The molecule has 13 heteroatoms. The van der Waals surface area contributed by atoms with Crippen molar-refractivity contribution >= 4 is 39.7 Å². The van der Waals surface area contributed by atoms with E-state index in [-0.39, 0.29) is 42.5 Å². The van der Waals surface area contributed by atoms with Gasteiger partial charge in [-0.1, -0.05) is 94.7 Å². The van der Waals surface area contributed by atoms with Crippen molar-refractivity contribution < 1.29 is 19.1 Å². The fourth-order valence-electron chi connectivity index (χ4n) is 9.52. The fourth-order valence-corrected chi connectivity index (χ4v) is 9.52. The van der Waals surface area contributed by atoms with E-state index in [9.17, 15) is 19.2 Å². The Balaban J connectivity index is 0.970. The Kier molecular flexibility index (Phi) is 20.6. The van der Waals surface area contributed by atoms with E-state index in [1.807, 2.05) is 55.6 Å². The number of carbonyl (C=O) groups excluding carboxylic acids is 3. The molecule has 6 rings (SSSR count). The van der Waals surface area contributed by atoms with Crippen LogP contribution < -0.4 is 21.5 Å². The van der Waals surface area contributed by atoms with Crippen molar-refractivity contribution in [3.05, 3.63) is 87.9 Å². The van der Waals surface area contributed by atoms with Gasteiger partial charge in [-0.3, -0.25) is 14.4 Å². The second-order valence-corrected chi connectivity index (χ2v) is 18.9. The normalized spacial score (nSPS) is 15.8. The van der Waals surface area contributed by atoms with Crippen LogP contribution >= 0.6 is 0 Å². The number of carbonyl (C=O) groups is 3. The number of amides is 3. The number of aromatic amines is 1. The van der Waals surface area contributed by atoms with Crippen LogP contribution in [0, 0.1) is 6.92 Å². The number of hydrogen-bond donors (Lipinski definition) is 4. The van der Waals surface area contributed by atoms with E-state index >= 15 is 0 Å². The number of hydrogen-bond acceptors (Lipinski definition) is 8. The number of H-pyrrole nitrogens is 1. The second-order valence-electron chi connectivity index (χ2n) is 18.9. The zero-order chi connectivity index (χ0) is 46.5. The number of pyridine rings is 1. The van der Waals surface area contributed by atoms with Gasteiger partial charge in [0.15, 0.2) is 6.73 Å². The third kappa shape index (κ3) is 16.1. The lowest BCUT2D eigenvalue weighted by molar-refractivity contribution is -0.148. The van der Waals surface area contributed by atoms with Gasteiger partial charge in [0, 0.05) is 67.7 Å². The highest BCUT2D eigenvalue weighted by Gasteiger charge is 2.29. The number of aromatic nitrogens is 3. The Morgan fingerprint density at radius 1 is 0.848 bits per heavy atom. The minimum atomic E-state index is -0.814. The van der Waals surface area contributed by atoms with E-state index in [1.54, 1.807) is 9.58 Å². The SMILES string of the molecule is CCCCCCCC/C=C\CCCCCCCC(=O)OCn1cc2cc(C[C@@H](NC(=O)N3CCC(c4cc5ccccc5[nH]c4=O)CC3)C(=O)NCCNC3CCN(C)CC3)cc(C)c2n1. The van der Waals surface area contributed by atoms with Crippen LogP contribution in [0.2, 0.25) is 0 Å². The molecule has 0 bridgehead atoms. The molecule has 0 radical (unpaired) electrons. The molecule has 0 unspecified atom stereocenters. The molecule has 2 aromatic carbocycles. The number of ether oxygens (including phenoxy) is 1. The van der Waals surface area contributed by atoms with Gasteiger partial charge < -0.3 is 35.5 Å². The van der Waals surface area contributed by atoms with Crippen molar-refractivity contribution in [2.45, 2.75) is 161 Å². The third-order valence-electron chi connectivity index (χ3n) is 13.5. The molecule has 1 atom stereocenters. The number of esters is 1. The number of unbranched alkanes of at least 4 members (excludes halogenated alkanes) is 11. The van der Waals surface area contributed by atoms with Gasteiger partial charge in [-0.15, -0.1) is 0 Å². The fraction of sp³-hybridized carbons (Fsp3) is 0.604. The zero-order valence-electron chi connectivity index (χ0n) is 40.2. The van der Waals surface area contributed by atoms with Crippen molar-refractivity contribution in [1.29, 1.82) is 0 Å². The first-order chi connectivity index (χ1) is 32.2. The lowest BCUT2D eigenvalue weighted by Crippen LogP contribution is -2.54. The first-order valence-corrected chi connectivity index (χ1v) is 25.3. The predicted molar refractivity (Wildman–Crippen MR) is 266 cm³/mol. The second kappa shape index (κ2) is 27.0. The Hall–Kier alpha value is -5.01. The first-order valence-electron chi connectivity index (χ1n) is 25.3. The summed E-state index contributed by atoms with van der Waals surface area (Å²) in [6, 6.07) is 13.1. The topological polar surface area (TPSA) is 154 Å². The van der Waals surface area contributed by atoms with Crippen LogP contribution in [0.15, 0.2) is 65.6 Å². The van der Waals surface area contributed by atoms with Gasteiger partial charge in [0.1, 0.15) is 6.04 Å². The van der Waals surface area contributed by atoms with Crippen molar-refractivity contribution in [3.63, 3.8) is 0 Å². The summed E-state index contributed by atoms with van der Waals surface area (Å²) in [5, 5.41) is 16.3. The molecule has 2 aromatic heterocycles. The van der Waals surface area contributed by atoms with Crippen LogP contribution in [-0.2, 0) is 27.5 Å². The minimum absolute atomic E-state index is 0.0337. The number of rotatable bonds is 26. The highest BCUT2D eigenvalue weighted by atomic mass is 16.5. The quantitative estimate of drug-likeness (QED) is 0.0277. The van der Waals surface area contributed by atoms with Gasteiger partial charge in [-0.2, -0.15) is 5.10 Å². The van der Waals surface area contributed by atoms with Gasteiger partial charge in [0.05, 0.1) is 5.52 Å². The molecular weight excluding hydrogens is 829 g/mol. The first kappa shape index (κ1) is 50.4. The molecule has 3 amide bonds. The Morgan fingerprint density at radius 2 is 1.55 bits per heavy atom. The molecule has 0 spiro atoms. The summed E-state index contributed by atoms with van der Waals surface area (Å²) in [6.45, 7) is 8.43. The highest BCUT2D eigenvalue weighted by molar-refractivity contribution is 5.88. The Bertz CT molecular complexity index is 2220. The molecule has 2 aliphatic heterocycles. The molecule has 2 saturated heterocycles. The van der Waals surface area contributed by atoms with E-state index in [1.165, 1.54) is 57.8 Å². The van der Waals surface area contributed by atoms with Crippen molar-refractivity contribution in [1.82, 2.24) is 40.5 Å². The molecule has 2 fully saturated rings. The summed E-state index contributed by atoms with van der Waals surface area (Å²) in [6.07, 6.45) is 26.4. The number of benzene rings is 2. The number of allylic oxidation sites excluding steroid dienone is 2. The maximum atomic E-state index is 13.9. The average molecular weight is 907 g/mol. The number of aryl methyl sites for hydroxylation is 1. The lowest BCUT2D eigenvalue weighted by Gasteiger charge is -2.33. The zero-order valence-corrected chi connectivity index (χ0v) is 40.2. The number of nitrogens with one attached hydrogen (secondary N) is 4. The average Bonchev–Trinajstić information content (AvgIpc) is 3.74. The smallest absolute Gasteiger partial charge is 0.318 e. The molecule has 4 N–H and O–H groups in total. The summed E-state index contributed by atoms with van der Waals surface area (Å²) in [4.78, 5) is 60.5. The number of para-hydroxylation sites is 1. The predicted octanol–water partition coefficient (Wildman–Crippen LogP) is 9.02. The monoisotopic (exact) mass is 907 g/mol. The van der Waals surface area contributed by atoms with Crippen LogP contribution in [0.3, 0.4) is 0 Å². The lowest BCUT2D eigenvalue weighted by atomic mass is 9.89. The molecule has 360 valence electrons. The summed E-state index contributed by atoms with van der Waals surface area (Å²) < 4.78 is 7.26. The van der Waals surface area contributed by atoms with E-state index in [2.05, 4.69) is 52.0 Å². The van der Waals surface area contributed by atoms with Crippen molar-refractivity contribution in [3.8, 4) is 0 Å². The highest BCUT2D eigenvalue weighted by Crippen LogP contribution is 2.28. The van der Waals surface area contributed by atoms with Gasteiger partial charge in [-0.25, -0.2) is 9.48 Å². The number of likely N-dealkylation sites (tertiary alicyclic amines) is 2. The molecule has 66 heavy (non-hydrogen) atoms. The Morgan fingerprint density at radius 3 is 2.29 bits per heavy atom.